The Kier molecular flexibility index (Phi) is 3.16. The molecule has 3 N–H and O–H groups in total. The summed E-state index contributed by atoms with van der Waals surface area (Å²) in [6, 6.07) is -0.896. The molecule has 0 bridgehead atoms. The third-order valence-electron chi connectivity index (χ3n) is 1.64. The van der Waals surface area contributed by atoms with E-state index in [1.54, 1.807) is 6.92 Å². The number of carbonyl (C=O) groups is 2. The van der Waals surface area contributed by atoms with Crippen LogP contribution in [0.1, 0.15) is 24.0 Å². The van der Waals surface area contributed by atoms with E-state index in [0.29, 0.717) is 6.42 Å². The molecule has 1 amide bonds. The fourth-order valence-corrected chi connectivity index (χ4v) is 0.880. The second-order valence-corrected chi connectivity index (χ2v) is 2.61. The molecule has 0 radical (unpaired) electrons. The monoisotopic (exact) mass is 198 g/mol. The fraction of sp³-hybridized carbons (Fsp3) is 0.429. The normalized spacial score (nSPS) is 12.1. The van der Waals surface area contributed by atoms with Gasteiger partial charge in [-0.25, -0.2) is 9.78 Å². The average Bonchev–Trinajstić information content (AvgIpc) is 2.65. The second-order valence-electron chi connectivity index (χ2n) is 2.61. The number of carbonyl (C=O) groups excluding carboxylic acids is 1. The lowest BCUT2D eigenvalue weighted by Crippen LogP contribution is -2.40. The van der Waals surface area contributed by atoms with Gasteiger partial charge >= 0.3 is 5.97 Å². The molecule has 76 valence electrons. The van der Waals surface area contributed by atoms with E-state index in [1.165, 1.54) is 6.33 Å². The van der Waals surface area contributed by atoms with E-state index in [2.05, 4.69) is 20.5 Å². The summed E-state index contributed by atoms with van der Waals surface area (Å²) in [6.45, 7) is 1.67. The van der Waals surface area contributed by atoms with Gasteiger partial charge in [-0.3, -0.25) is 9.89 Å². The molecule has 1 heterocycles. The minimum absolute atomic E-state index is 0.00435. The summed E-state index contributed by atoms with van der Waals surface area (Å²) in [7, 11) is 0. The number of H-pyrrole nitrogens is 1. The number of nitrogens with one attached hydrogen (secondary N) is 2. The molecule has 1 rings (SSSR count). The Hall–Kier alpha value is -1.92. The van der Waals surface area contributed by atoms with Crippen molar-refractivity contribution >= 4 is 11.9 Å². The van der Waals surface area contributed by atoms with Crippen LogP contribution in [-0.4, -0.2) is 38.2 Å². The molecule has 0 unspecified atom stereocenters. The third kappa shape index (κ3) is 2.28. The summed E-state index contributed by atoms with van der Waals surface area (Å²) < 4.78 is 0. The zero-order valence-electron chi connectivity index (χ0n) is 7.52. The van der Waals surface area contributed by atoms with Crippen molar-refractivity contribution in [2.24, 2.45) is 0 Å². The van der Waals surface area contributed by atoms with E-state index in [1.807, 2.05) is 0 Å². The topological polar surface area (TPSA) is 108 Å². The maximum Gasteiger partial charge on any atom is 0.326 e. The lowest BCUT2D eigenvalue weighted by Gasteiger charge is -2.10. The van der Waals surface area contributed by atoms with Crippen LogP contribution in [0.15, 0.2) is 6.33 Å². The van der Waals surface area contributed by atoms with Crippen LogP contribution in [0.25, 0.3) is 0 Å². The number of aromatic amines is 1. The first-order chi connectivity index (χ1) is 6.65. The first-order valence-corrected chi connectivity index (χ1v) is 4.04. The lowest BCUT2D eigenvalue weighted by atomic mass is 10.2. The van der Waals surface area contributed by atoms with Gasteiger partial charge in [0.25, 0.3) is 5.91 Å². The van der Waals surface area contributed by atoms with Crippen molar-refractivity contribution < 1.29 is 14.7 Å². The number of aromatic nitrogens is 3. The van der Waals surface area contributed by atoms with Gasteiger partial charge in [-0.15, -0.1) is 0 Å². The van der Waals surface area contributed by atoms with Crippen LogP contribution in [0.2, 0.25) is 0 Å². The number of hydrogen-bond donors (Lipinski definition) is 3. The molecular weight excluding hydrogens is 188 g/mol. The highest BCUT2D eigenvalue weighted by Crippen LogP contribution is 1.93. The second kappa shape index (κ2) is 4.35. The molecule has 1 atom stereocenters. The largest absolute Gasteiger partial charge is 0.480 e. The highest BCUT2D eigenvalue weighted by atomic mass is 16.4. The van der Waals surface area contributed by atoms with Gasteiger partial charge in [-0.05, 0) is 6.42 Å². The number of rotatable bonds is 4. The van der Waals surface area contributed by atoms with Crippen LogP contribution < -0.4 is 5.32 Å². The molecule has 0 fully saturated rings. The number of carboxylic acid groups (broad SMARTS) is 1. The van der Waals surface area contributed by atoms with Crippen molar-refractivity contribution in [1.82, 2.24) is 20.5 Å². The molecular formula is C7H10N4O3. The SMILES string of the molecule is CC[C@H](NC(=O)c1ncn[nH]1)C(=O)O. The van der Waals surface area contributed by atoms with Gasteiger partial charge in [-0.2, -0.15) is 5.10 Å². The predicted octanol–water partition coefficient (Wildman–Crippen LogP) is -0.602. The number of hydrogen-bond acceptors (Lipinski definition) is 4. The van der Waals surface area contributed by atoms with Crippen molar-refractivity contribution in [3.63, 3.8) is 0 Å². The van der Waals surface area contributed by atoms with Crippen molar-refractivity contribution in [1.29, 1.82) is 0 Å². The quantitative estimate of drug-likeness (QED) is 0.598. The van der Waals surface area contributed by atoms with Gasteiger partial charge in [0.2, 0.25) is 5.82 Å². The predicted molar refractivity (Wildman–Crippen MR) is 45.6 cm³/mol. The van der Waals surface area contributed by atoms with Gasteiger partial charge < -0.3 is 10.4 Å². The number of nitrogens with zero attached hydrogens (tertiary/aromatic N) is 2. The molecule has 0 aromatic carbocycles. The standard InChI is InChI=1S/C7H10N4O3/c1-2-4(7(13)14)10-6(12)5-8-3-9-11-5/h3-4H,2H2,1H3,(H,10,12)(H,13,14)(H,8,9,11)/t4-/m0/s1. The summed E-state index contributed by atoms with van der Waals surface area (Å²) in [5.41, 5.74) is 0. The molecule has 0 spiro atoms. The van der Waals surface area contributed by atoms with Crippen LogP contribution in [0.3, 0.4) is 0 Å². The molecule has 0 aliphatic heterocycles. The molecule has 1 aromatic heterocycles. The summed E-state index contributed by atoms with van der Waals surface area (Å²) in [4.78, 5) is 25.4. The Morgan fingerprint density at radius 1 is 1.71 bits per heavy atom. The average molecular weight is 198 g/mol. The first kappa shape index (κ1) is 10.2. The third-order valence-corrected chi connectivity index (χ3v) is 1.64. The van der Waals surface area contributed by atoms with Crippen LogP contribution in [0.4, 0.5) is 0 Å². The maximum absolute atomic E-state index is 11.3. The van der Waals surface area contributed by atoms with E-state index < -0.39 is 17.9 Å². The summed E-state index contributed by atoms with van der Waals surface area (Å²) in [5.74, 6) is -1.64. The Bertz CT molecular complexity index is 322. The summed E-state index contributed by atoms with van der Waals surface area (Å²) in [6.07, 6.45) is 1.49. The van der Waals surface area contributed by atoms with Gasteiger partial charge in [0, 0.05) is 0 Å². The molecule has 0 aliphatic rings. The highest BCUT2D eigenvalue weighted by Gasteiger charge is 2.19. The van der Waals surface area contributed by atoms with Gasteiger partial charge in [-0.1, -0.05) is 6.92 Å². The zero-order valence-corrected chi connectivity index (χ0v) is 7.52. The van der Waals surface area contributed by atoms with Crippen LogP contribution in [-0.2, 0) is 4.79 Å². The fourth-order valence-electron chi connectivity index (χ4n) is 0.880. The Labute approximate surface area is 79.5 Å². The molecule has 7 nitrogen and oxygen atoms in total. The van der Waals surface area contributed by atoms with Crippen molar-refractivity contribution in [3.8, 4) is 0 Å². The van der Waals surface area contributed by atoms with Crippen molar-refractivity contribution in [2.75, 3.05) is 0 Å². The smallest absolute Gasteiger partial charge is 0.326 e. The van der Waals surface area contributed by atoms with Crippen LogP contribution in [0.5, 0.6) is 0 Å². The lowest BCUT2D eigenvalue weighted by molar-refractivity contribution is -0.139. The van der Waals surface area contributed by atoms with Crippen molar-refractivity contribution in [3.05, 3.63) is 12.2 Å². The summed E-state index contributed by atoms with van der Waals surface area (Å²) >= 11 is 0. The molecule has 1 aromatic rings. The Morgan fingerprint density at radius 3 is 2.86 bits per heavy atom. The van der Waals surface area contributed by atoms with Crippen molar-refractivity contribution in [2.45, 2.75) is 19.4 Å². The van der Waals surface area contributed by atoms with Crippen LogP contribution in [0, 0.1) is 0 Å². The Morgan fingerprint density at radius 2 is 2.43 bits per heavy atom. The van der Waals surface area contributed by atoms with E-state index >= 15 is 0 Å². The molecule has 0 aliphatic carbocycles. The number of aliphatic carboxylic acids is 1. The van der Waals surface area contributed by atoms with E-state index in [0.717, 1.165) is 0 Å². The van der Waals surface area contributed by atoms with Gasteiger partial charge in [0.1, 0.15) is 12.4 Å². The van der Waals surface area contributed by atoms with Gasteiger partial charge in [0.05, 0.1) is 0 Å². The molecule has 0 saturated carbocycles. The van der Waals surface area contributed by atoms with E-state index in [9.17, 15) is 9.59 Å². The summed E-state index contributed by atoms with van der Waals surface area (Å²) in [5, 5.41) is 16.8. The maximum atomic E-state index is 11.3. The van der Waals surface area contributed by atoms with E-state index in [4.69, 9.17) is 5.11 Å². The highest BCUT2D eigenvalue weighted by molar-refractivity contribution is 5.93. The minimum atomic E-state index is -1.07. The molecule has 0 saturated heterocycles. The van der Waals surface area contributed by atoms with E-state index in [-0.39, 0.29) is 5.82 Å². The number of amides is 1. The van der Waals surface area contributed by atoms with Crippen LogP contribution >= 0.6 is 0 Å². The van der Waals surface area contributed by atoms with Gasteiger partial charge in [0.15, 0.2) is 0 Å². The Balaban J connectivity index is 2.60. The zero-order chi connectivity index (χ0) is 10.6. The first-order valence-electron chi connectivity index (χ1n) is 4.04. The molecule has 14 heavy (non-hydrogen) atoms. The number of carboxylic acids is 1. The minimum Gasteiger partial charge on any atom is -0.480 e. The molecule has 7 heteroatoms.